The molecule has 0 amide bonds. The first-order valence-corrected chi connectivity index (χ1v) is 4.02. The van der Waals surface area contributed by atoms with Crippen LogP contribution in [0.2, 0.25) is 0 Å². The Balaban J connectivity index is 0. The lowest BCUT2D eigenvalue weighted by atomic mass is 9.89. The molecule has 0 rings (SSSR count). The molecule has 0 aliphatic carbocycles. The highest BCUT2D eigenvalue weighted by Crippen LogP contribution is 2.20. The summed E-state index contributed by atoms with van der Waals surface area (Å²) in [5.41, 5.74) is -2.30. The van der Waals surface area contributed by atoms with E-state index in [9.17, 15) is 10.2 Å². The third kappa shape index (κ3) is 8.42. The van der Waals surface area contributed by atoms with Crippen LogP contribution in [0, 0.1) is 0 Å². The average Bonchev–Trinajstić information content (AvgIpc) is 1.82. The molecule has 0 bridgehead atoms. The quantitative estimate of drug-likeness (QED) is 0.348. The van der Waals surface area contributed by atoms with Crippen molar-refractivity contribution in [2.45, 2.75) is 32.0 Å². The Labute approximate surface area is 83.9 Å². The summed E-state index contributed by atoms with van der Waals surface area (Å²) in [6, 6.07) is 0. The molecule has 0 saturated heterocycles. The second-order valence-electron chi connectivity index (χ2n) is 3.61. The van der Waals surface area contributed by atoms with Crippen LogP contribution < -0.4 is 0 Å². The normalized spacial score (nSPS) is 15.2. The highest BCUT2D eigenvalue weighted by Gasteiger charge is 2.37. The number of methoxy groups -OCH3 is 1. The summed E-state index contributed by atoms with van der Waals surface area (Å²) in [5.74, 6) is 0. The Bertz CT molecular complexity index is 139. The minimum Gasteiger partial charge on any atom is -0.402 e. The standard InChI is InChI=1S/C7H16O3.BH3O3/c1-6(2,8)7(3,9)5-10-4;2-1(3)4/h8-9H,5H2,1-4H3;2-4H. The molecule has 1 unspecified atom stereocenters. The maximum absolute atomic E-state index is 9.48. The van der Waals surface area contributed by atoms with Gasteiger partial charge >= 0.3 is 7.32 Å². The third-order valence-corrected chi connectivity index (χ3v) is 1.74. The minimum atomic E-state index is -2.17. The first kappa shape index (κ1) is 16.3. The van der Waals surface area contributed by atoms with Crippen molar-refractivity contribution in [1.82, 2.24) is 0 Å². The van der Waals surface area contributed by atoms with Crippen molar-refractivity contribution >= 4 is 7.32 Å². The number of rotatable bonds is 3. The van der Waals surface area contributed by atoms with E-state index in [0.717, 1.165) is 0 Å². The van der Waals surface area contributed by atoms with Crippen LogP contribution in [0.15, 0.2) is 0 Å². The minimum absolute atomic E-state index is 0.135. The van der Waals surface area contributed by atoms with Gasteiger partial charge < -0.3 is 30.0 Å². The second kappa shape index (κ2) is 6.33. The van der Waals surface area contributed by atoms with Gasteiger partial charge in [0.15, 0.2) is 0 Å². The summed E-state index contributed by atoms with van der Waals surface area (Å²) in [4.78, 5) is 0. The largest absolute Gasteiger partial charge is 0.631 e. The van der Waals surface area contributed by atoms with Crippen LogP contribution in [0.3, 0.4) is 0 Å². The molecule has 0 aliphatic heterocycles. The van der Waals surface area contributed by atoms with E-state index in [0.29, 0.717) is 0 Å². The molecule has 0 aromatic carbocycles. The first-order valence-electron chi connectivity index (χ1n) is 4.02. The van der Waals surface area contributed by atoms with Crippen molar-refractivity contribution in [3.05, 3.63) is 0 Å². The Morgan fingerprint density at radius 2 is 1.36 bits per heavy atom. The molecule has 0 heterocycles. The van der Waals surface area contributed by atoms with E-state index in [1.165, 1.54) is 14.0 Å². The molecular formula is C7H19BO6. The Hall–Kier alpha value is -0.175. The topological polar surface area (TPSA) is 110 Å². The van der Waals surface area contributed by atoms with Gasteiger partial charge in [0.05, 0.1) is 12.2 Å². The zero-order chi connectivity index (χ0) is 12.0. The van der Waals surface area contributed by atoms with Gasteiger partial charge in [-0.05, 0) is 20.8 Å². The lowest BCUT2D eigenvalue weighted by Crippen LogP contribution is -2.50. The molecule has 0 fully saturated rings. The van der Waals surface area contributed by atoms with Crippen LogP contribution in [-0.4, -0.2) is 57.5 Å². The van der Waals surface area contributed by atoms with Crippen molar-refractivity contribution in [3.8, 4) is 0 Å². The molecule has 14 heavy (non-hydrogen) atoms. The summed E-state index contributed by atoms with van der Waals surface area (Å²) in [6.45, 7) is 4.77. The zero-order valence-electron chi connectivity index (χ0n) is 8.93. The van der Waals surface area contributed by atoms with Gasteiger partial charge in [0.1, 0.15) is 5.60 Å². The summed E-state index contributed by atoms with van der Waals surface area (Å²) >= 11 is 0. The van der Waals surface area contributed by atoms with Crippen LogP contribution in [-0.2, 0) is 4.74 Å². The fourth-order valence-electron chi connectivity index (χ4n) is 0.458. The van der Waals surface area contributed by atoms with Crippen LogP contribution in [0.1, 0.15) is 20.8 Å². The molecule has 86 valence electrons. The average molecular weight is 210 g/mol. The van der Waals surface area contributed by atoms with Gasteiger partial charge in [0.25, 0.3) is 0 Å². The second-order valence-corrected chi connectivity index (χ2v) is 3.61. The lowest BCUT2D eigenvalue weighted by molar-refractivity contribution is -0.148. The fourth-order valence-corrected chi connectivity index (χ4v) is 0.458. The molecule has 0 saturated carbocycles. The summed E-state index contributed by atoms with van der Waals surface area (Å²) in [7, 11) is -0.680. The van der Waals surface area contributed by atoms with E-state index in [4.69, 9.17) is 19.8 Å². The lowest BCUT2D eigenvalue weighted by Gasteiger charge is -2.34. The van der Waals surface area contributed by atoms with Crippen molar-refractivity contribution < 1.29 is 30.0 Å². The molecule has 7 heteroatoms. The Kier molecular flexibility index (Phi) is 7.36. The first-order chi connectivity index (χ1) is 6.04. The zero-order valence-corrected chi connectivity index (χ0v) is 8.93. The monoisotopic (exact) mass is 210 g/mol. The Morgan fingerprint density at radius 1 is 1.07 bits per heavy atom. The molecule has 6 nitrogen and oxygen atoms in total. The van der Waals surface area contributed by atoms with Gasteiger partial charge in [0.2, 0.25) is 0 Å². The number of hydrogen-bond acceptors (Lipinski definition) is 6. The van der Waals surface area contributed by atoms with Crippen molar-refractivity contribution in [2.24, 2.45) is 0 Å². The molecule has 0 aromatic heterocycles. The van der Waals surface area contributed by atoms with Gasteiger partial charge in [-0.1, -0.05) is 0 Å². The molecular weight excluding hydrogens is 191 g/mol. The molecule has 0 spiro atoms. The van der Waals surface area contributed by atoms with Crippen LogP contribution in [0.5, 0.6) is 0 Å². The predicted molar refractivity (Wildman–Crippen MR) is 51.2 cm³/mol. The van der Waals surface area contributed by atoms with E-state index >= 15 is 0 Å². The summed E-state index contributed by atoms with van der Waals surface area (Å²) < 4.78 is 4.72. The highest BCUT2D eigenvalue weighted by atomic mass is 16.5. The summed E-state index contributed by atoms with van der Waals surface area (Å²) in [6.07, 6.45) is 0. The number of hydrogen-bond donors (Lipinski definition) is 5. The van der Waals surface area contributed by atoms with E-state index in [1.807, 2.05) is 0 Å². The van der Waals surface area contributed by atoms with E-state index in [2.05, 4.69) is 0 Å². The SMILES string of the molecule is COCC(C)(O)C(C)(C)O.OB(O)O. The van der Waals surface area contributed by atoms with Gasteiger partial charge in [-0.15, -0.1) is 0 Å². The van der Waals surface area contributed by atoms with E-state index in [-0.39, 0.29) is 6.61 Å². The van der Waals surface area contributed by atoms with Gasteiger partial charge in [-0.3, -0.25) is 0 Å². The Morgan fingerprint density at radius 3 is 1.43 bits per heavy atom. The van der Waals surface area contributed by atoms with Gasteiger partial charge in [-0.25, -0.2) is 0 Å². The fraction of sp³-hybridized carbons (Fsp3) is 1.00. The smallest absolute Gasteiger partial charge is 0.402 e. The van der Waals surface area contributed by atoms with Crippen molar-refractivity contribution in [1.29, 1.82) is 0 Å². The van der Waals surface area contributed by atoms with Crippen LogP contribution >= 0.6 is 0 Å². The number of aliphatic hydroxyl groups is 2. The number of ether oxygens (including phenoxy) is 1. The molecule has 5 N–H and O–H groups in total. The third-order valence-electron chi connectivity index (χ3n) is 1.74. The van der Waals surface area contributed by atoms with Gasteiger partial charge in [-0.2, -0.15) is 0 Å². The van der Waals surface area contributed by atoms with Gasteiger partial charge in [0, 0.05) is 7.11 Å². The highest BCUT2D eigenvalue weighted by molar-refractivity contribution is 6.30. The maximum Gasteiger partial charge on any atom is 0.631 e. The molecule has 1 atom stereocenters. The summed E-state index contributed by atoms with van der Waals surface area (Å²) in [5, 5.41) is 40.3. The van der Waals surface area contributed by atoms with Crippen LogP contribution in [0.4, 0.5) is 0 Å². The molecule has 0 radical (unpaired) electrons. The maximum atomic E-state index is 9.48. The molecule has 0 aliphatic rings. The van der Waals surface area contributed by atoms with Crippen molar-refractivity contribution in [3.63, 3.8) is 0 Å². The predicted octanol–water partition coefficient (Wildman–Crippen LogP) is -1.90. The van der Waals surface area contributed by atoms with Crippen LogP contribution in [0.25, 0.3) is 0 Å². The van der Waals surface area contributed by atoms with Crippen molar-refractivity contribution in [2.75, 3.05) is 13.7 Å². The molecule has 0 aromatic rings. The van der Waals surface area contributed by atoms with E-state index in [1.54, 1.807) is 13.8 Å². The van der Waals surface area contributed by atoms with E-state index < -0.39 is 18.5 Å².